The Labute approximate surface area is 220 Å². The van der Waals surface area contributed by atoms with Gasteiger partial charge in [0.1, 0.15) is 24.0 Å². The van der Waals surface area contributed by atoms with E-state index >= 15 is 8.78 Å². The molecule has 0 radical (unpaired) electrons. The molecule has 0 spiro atoms. The number of halogens is 2. The lowest BCUT2D eigenvalue weighted by atomic mass is 9.77. The van der Waals surface area contributed by atoms with E-state index < -0.39 is 5.67 Å². The molecule has 2 aromatic heterocycles. The second-order valence-electron chi connectivity index (χ2n) is 11.4. The molecule has 2 aliphatic rings. The first-order valence-electron chi connectivity index (χ1n) is 13.3. The lowest BCUT2D eigenvalue weighted by Crippen LogP contribution is -2.49. The fraction of sp³-hybridized carbons (Fsp3) is 0.433. The maximum atomic E-state index is 16.7. The van der Waals surface area contributed by atoms with Crippen LogP contribution < -0.4 is 10.7 Å². The molecule has 2 aromatic carbocycles. The van der Waals surface area contributed by atoms with Crippen molar-refractivity contribution in [2.45, 2.75) is 70.1 Å². The molecule has 1 N–H and O–H groups in total. The van der Waals surface area contributed by atoms with Crippen LogP contribution in [0.15, 0.2) is 52.1 Å². The van der Waals surface area contributed by atoms with Crippen LogP contribution in [0.2, 0.25) is 0 Å². The van der Waals surface area contributed by atoms with E-state index in [1.165, 1.54) is 12.6 Å². The number of hydrogen-bond donors (Lipinski definition) is 1. The maximum Gasteiger partial charge on any atom is 0.200 e. The van der Waals surface area contributed by atoms with Gasteiger partial charge in [-0.3, -0.25) is 4.79 Å². The van der Waals surface area contributed by atoms with Gasteiger partial charge in [-0.05, 0) is 76.1 Å². The number of benzene rings is 2. The molecule has 0 amide bonds. The number of alkyl halides is 1. The normalized spacial score (nSPS) is 19.2. The van der Waals surface area contributed by atoms with Crippen LogP contribution in [-0.2, 0) is 12.7 Å². The SMILES string of the molecule is Cc1c(F)c(C(C)NC2(C)CCC2)cc2c(=O)c(-c3cccc(C(F)(c4nncn4C)C4CC4)c3)coc12. The lowest BCUT2D eigenvalue weighted by molar-refractivity contribution is 0.168. The monoisotopic (exact) mass is 518 g/mol. The van der Waals surface area contributed by atoms with Crippen LogP contribution in [0.3, 0.4) is 0 Å². The van der Waals surface area contributed by atoms with E-state index in [0.717, 1.165) is 32.1 Å². The molecule has 0 saturated heterocycles. The smallest absolute Gasteiger partial charge is 0.200 e. The summed E-state index contributed by atoms with van der Waals surface area (Å²) in [7, 11) is 1.73. The zero-order chi connectivity index (χ0) is 26.8. The molecule has 38 heavy (non-hydrogen) atoms. The molecule has 6 nitrogen and oxygen atoms in total. The van der Waals surface area contributed by atoms with Gasteiger partial charge >= 0.3 is 0 Å². The van der Waals surface area contributed by atoms with Gasteiger partial charge in [-0.1, -0.05) is 18.2 Å². The summed E-state index contributed by atoms with van der Waals surface area (Å²) >= 11 is 0. The van der Waals surface area contributed by atoms with E-state index in [1.807, 2.05) is 6.92 Å². The van der Waals surface area contributed by atoms with Gasteiger partial charge in [-0.2, -0.15) is 0 Å². The van der Waals surface area contributed by atoms with Crippen molar-refractivity contribution >= 4 is 11.0 Å². The molecule has 4 aromatic rings. The van der Waals surface area contributed by atoms with E-state index in [9.17, 15) is 4.79 Å². The van der Waals surface area contributed by atoms with Gasteiger partial charge in [0, 0.05) is 35.7 Å². The largest absolute Gasteiger partial charge is 0.463 e. The Kier molecular flexibility index (Phi) is 5.79. The summed E-state index contributed by atoms with van der Waals surface area (Å²) in [5.74, 6) is -0.318. The van der Waals surface area contributed by atoms with Gasteiger partial charge in [0.15, 0.2) is 11.5 Å². The summed E-state index contributed by atoms with van der Waals surface area (Å²) in [5.41, 5.74) is 0.143. The molecular formula is C30H32F2N4O2. The molecule has 0 bridgehead atoms. The van der Waals surface area contributed by atoms with Crippen LogP contribution in [0.25, 0.3) is 22.1 Å². The second kappa shape index (κ2) is 8.83. The van der Waals surface area contributed by atoms with Crippen LogP contribution in [0.4, 0.5) is 8.78 Å². The standard InChI is InChI=1S/C30H32F2N4O2/c1-17-25(31)22(18(2)34-29(3)11-6-12-29)14-23-26(37)24(15-38-27(17)23)19-7-5-8-21(13-19)30(32,20-9-10-20)28-35-33-16-36(28)4/h5,7-8,13-16,18,20,34H,6,9-12H2,1-4H3. The average Bonchev–Trinajstić information content (AvgIpc) is 3.66. The van der Waals surface area contributed by atoms with Gasteiger partial charge in [0.05, 0.1) is 10.9 Å². The number of aryl methyl sites for hydroxylation is 2. The second-order valence-corrected chi connectivity index (χ2v) is 11.4. The summed E-state index contributed by atoms with van der Waals surface area (Å²) in [5, 5.41) is 11.8. The highest BCUT2D eigenvalue weighted by Crippen LogP contribution is 2.52. The van der Waals surface area contributed by atoms with E-state index in [1.54, 1.807) is 48.9 Å². The van der Waals surface area contributed by atoms with Crippen molar-refractivity contribution in [3.05, 3.63) is 81.5 Å². The highest BCUT2D eigenvalue weighted by molar-refractivity contribution is 5.85. The number of nitrogens with zero attached hydrogens (tertiary/aromatic N) is 3. The van der Waals surface area contributed by atoms with E-state index in [4.69, 9.17) is 4.42 Å². The van der Waals surface area contributed by atoms with Gasteiger partial charge in [0.2, 0.25) is 5.43 Å². The molecule has 2 unspecified atom stereocenters. The van der Waals surface area contributed by atoms with Crippen LogP contribution >= 0.6 is 0 Å². The van der Waals surface area contributed by atoms with Crippen molar-refractivity contribution in [2.75, 3.05) is 0 Å². The van der Waals surface area contributed by atoms with Crippen molar-refractivity contribution in [3.63, 3.8) is 0 Å². The summed E-state index contributed by atoms with van der Waals surface area (Å²) in [6.07, 6.45) is 7.59. The Morgan fingerprint density at radius 2 is 2.03 bits per heavy atom. The van der Waals surface area contributed by atoms with Gasteiger partial charge in [-0.25, -0.2) is 8.78 Å². The molecule has 0 aliphatic heterocycles. The zero-order valence-corrected chi connectivity index (χ0v) is 22.1. The molecule has 8 heteroatoms. The summed E-state index contributed by atoms with van der Waals surface area (Å²) in [6.45, 7) is 5.70. The third-order valence-electron chi connectivity index (χ3n) is 8.51. The van der Waals surface area contributed by atoms with Crippen molar-refractivity contribution in [1.82, 2.24) is 20.1 Å². The summed E-state index contributed by atoms with van der Waals surface area (Å²) in [6, 6.07) is 8.28. The minimum absolute atomic E-state index is 0.0230. The predicted molar refractivity (Wildman–Crippen MR) is 142 cm³/mol. The van der Waals surface area contributed by atoms with Gasteiger partial charge in [-0.15, -0.1) is 10.2 Å². The molecule has 2 atom stereocenters. The Morgan fingerprint density at radius 3 is 2.66 bits per heavy atom. The van der Waals surface area contributed by atoms with Crippen molar-refractivity contribution in [2.24, 2.45) is 13.0 Å². The highest BCUT2D eigenvalue weighted by Gasteiger charge is 2.51. The first-order valence-corrected chi connectivity index (χ1v) is 13.3. The number of fused-ring (bicyclic) bond motifs is 1. The lowest BCUT2D eigenvalue weighted by Gasteiger charge is -2.41. The first kappa shape index (κ1) is 24.9. The Hall–Kier alpha value is -3.39. The van der Waals surface area contributed by atoms with Gasteiger partial charge in [0.25, 0.3) is 0 Å². The van der Waals surface area contributed by atoms with E-state index in [2.05, 4.69) is 22.4 Å². The molecular weight excluding hydrogens is 486 g/mol. The van der Waals surface area contributed by atoms with Crippen molar-refractivity contribution in [3.8, 4) is 11.1 Å². The van der Waals surface area contributed by atoms with Crippen LogP contribution in [0.5, 0.6) is 0 Å². The fourth-order valence-corrected chi connectivity index (χ4v) is 5.96. The zero-order valence-electron chi connectivity index (χ0n) is 22.1. The molecule has 198 valence electrons. The Morgan fingerprint density at radius 1 is 1.26 bits per heavy atom. The first-order chi connectivity index (χ1) is 18.1. The summed E-state index contributed by atoms with van der Waals surface area (Å²) in [4.78, 5) is 13.8. The minimum Gasteiger partial charge on any atom is -0.463 e. The Balaban J connectivity index is 1.45. The Bertz CT molecular complexity index is 1600. The summed E-state index contributed by atoms with van der Waals surface area (Å²) < 4.78 is 39.6. The molecule has 6 rings (SSSR count). The molecule has 2 aliphatic carbocycles. The van der Waals surface area contributed by atoms with Crippen LogP contribution in [0.1, 0.15) is 74.5 Å². The number of rotatable bonds is 7. The van der Waals surface area contributed by atoms with E-state index in [-0.39, 0.29) is 40.2 Å². The van der Waals surface area contributed by atoms with Crippen LogP contribution in [0, 0.1) is 18.7 Å². The molecule has 2 saturated carbocycles. The molecule has 2 heterocycles. The number of aromatic nitrogens is 3. The maximum absolute atomic E-state index is 16.7. The quantitative estimate of drug-likeness (QED) is 0.313. The average molecular weight is 519 g/mol. The van der Waals surface area contributed by atoms with E-state index in [0.29, 0.717) is 33.2 Å². The molecule has 2 fully saturated rings. The van der Waals surface area contributed by atoms with Crippen molar-refractivity contribution in [1.29, 1.82) is 0 Å². The van der Waals surface area contributed by atoms with Crippen LogP contribution in [-0.4, -0.2) is 20.3 Å². The predicted octanol–water partition coefficient (Wildman–Crippen LogP) is 6.25. The topological polar surface area (TPSA) is 73.0 Å². The third-order valence-corrected chi connectivity index (χ3v) is 8.51. The fourth-order valence-electron chi connectivity index (χ4n) is 5.96. The highest BCUT2D eigenvalue weighted by atomic mass is 19.1. The number of hydrogen-bond acceptors (Lipinski definition) is 5. The van der Waals surface area contributed by atoms with Crippen molar-refractivity contribution < 1.29 is 13.2 Å². The minimum atomic E-state index is -1.82. The number of nitrogens with one attached hydrogen (secondary N) is 1. The van der Waals surface area contributed by atoms with Gasteiger partial charge < -0.3 is 14.3 Å². The third kappa shape index (κ3) is 3.88.